The summed E-state index contributed by atoms with van der Waals surface area (Å²) in [5, 5.41) is 11.1. The highest BCUT2D eigenvalue weighted by Gasteiger charge is 2.34. The molecular weight excluding hydrogens is 416 g/mol. The quantitative estimate of drug-likeness (QED) is 0.313. The third kappa shape index (κ3) is 4.72. The summed E-state index contributed by atoms with van der Waals surface area (Å²) in [4.78, 5) is 18.2. The van der Waals surface area contributed by atoms with Crippen LogP contribution in [-0.2, 0) is 11.3 Å². The third-order valence-electron chi connectivity index (χ3n) is 4.36. The minimum Gasteiger partial charge on any atom is -0.467 e. The number of anilines is 1. The van der Waals surface area contributed by atoms with Crippen LogP contribution in [0.2, 0.25) is 0 Å². The van der Waals surface area contributed by atoms with Crippen LogP contribution in [0.4, 0.5) is 5.69 Å². The zero-order chi connectivity index (χ0) is 20.9. The van der Waals surface area contributed by atoms with Crippen molar-refractivity contribution >= 4 is 52.2 Å². The smallest absolute Gasteiger partial charge is 0.267 e. The summed E-state index contributed by atoms with van der Waals surface area (Å²) >= 11 is 2.91. The lowest BCUT2D eigenvalue weighted by Crippen LogP contribution is -2.28. The Morgan fingerprint density at radius 3 is 2.63 bits per heavy atom. The number of furan rings is 1. The fourth-order valence-corrected chi connectivity index (χ4v) is 4.44. The van der Waals surface area contributed by atoms with Gasteiger partial charge < -0.3 is 9.32 Å². The molecule has 0 saturated carbocycles. The molecule has 1 aromatic carbocycles. The summed E-state index contributed by atoms with van der Waals surface area (Å²) in [6.07, 6.45) is 5.17. The fourth-order valence-electron chi connectivity index (χ4n) is 2.79. The summed E-state index contributed by atoms with van der Waals surface area (Å²) in [5.41, 5.74) is 2.05. The minimum absolute atomic E-state index is 0.103. The van der Waals surface area contributed by atoms with Gasteiger partial charge in [-0.25, -0.2) is 0 Å². The van der Waals surface area contributed by atoms with Gasteiger partial charge in [-0.1, -0.05) is 18.2 Å². The van der Waals surface area contributed by atoms with Gasteiger partial charge in [-0.3, -0.25) is 9.69 Å². The first kappa shape index (κ1) is 20.2. The molecule has 0 N–H and O–H groups in total. The second-order valence-electron chi connectivity index (χ2n) is 6.71. The van der Waals surface area contributed by atoms with E-state index in [1.54, 1.807) is 34.8 Å². The maximum atomic E-state index is 13.0. The third-order valence-corrected chi connectivity index (χ3v) is 6.17. The molecule has 8 heteroatoms. The topological polar surface area (TPSA) is 61.4 Å². The number of amides is 1. The SMILES string of the molecule is CN(C)c1ccc(/C=N\N=C2\S/C(=C\c3cccs3)C(=O)N2Cc2ccco2)cc1. The Hall–Kier alpha value is -3.10. The zero-order valence-corrected chi connectivity index (χ0v) is 18.2. The van der Waals surface area contributed by atoms with Gasteiger partial charge in [0.15, 0.2) is 5.17 Å². The number of rotatable bonds is 6. The van der Waals surface area contributed by atoms with E-state index in [-0.39, 0.29) is 5.91 Å². The van der Waals surface area contributed by atoms with Crippen LogP contribution in [0.5, 0.6) is 0 Å². The van der Waals surface area contributed by atoms with Crippen molar-refractivity contribution in [3.05, 3.63) is 81.3 Å². The van der Waals surface area contributed by atoms with Gasteiger partial charge in [-0.05, 0) is 59.1 Å². The summed E-state index contributed by atoms with van der Waals surface area (Å²) in [7, 11) is 4.00. The van der Waals surface area contributed by atoms with Gasteiger partial charge in [0.1, 0.15) is 5.76 Å². The average Bonchev–Trinajstić information content (AvgIpc) is 3.49. The van der Waals surface area contributed by atoms with Crippen LogP contribution in [0.25, 0.3) is 6.08 Å². The zero-order valence-electron chi connectivity index (χ0n) is 16.6. The Morgan fingerprint density at radius 1 is 1.13 bits per heavy atom. The first-order valence-corrected chi connectivity index (χ1v) is 11.0. The van der Waals surface area contributed by atoms with Crippen LogP contribution in [-0.4, -0.2) is 36.3 Å². The molecule has 2 aromatic heterocycles. The standard InChI is InChI=1S/C22H20N4O2S2/c1-25(2)17-9-7-16(8-10-17)14-23-24-22-26(15-18-5-3-11-28-18)21(27)20(30-22)13-19-6-4-12-29-19/h3-14H,15H2,1-2H3/b20-13-,23-14-,24-22+. The second-order valence-corrected chi connectivity index (χ2v) is 8.70. The Balaban J connectivity index is 1.57. The van der Waals surface area contributed by atoms with E-state index < -0.39 is 0 Å². The van der Waals surface area contributed by atoms with Crippen LogP contribution in [0, 0.1) is 0 Å². The van der Waals surface area contributed by atoms with Crippen molar-refractivity contribution < 1.29 is 9.21 Å². The molecule has 30 heavy (non-hydrogen) atoms. The Morgan fingerprint density at radius 2 is 1.97 bits per heavy atom. The lowest BCUT2D eigenvalue weighted by atomic mass is 10.2. The lowest BCUT2D eigenvalue weighted by molar-refractivity contribution is -0.122. The van der Waals surface area contributed by atoms with Crippen molar-refractivity contribution in [2.45, 2.75) is 6.54 Å². The number of nitrogens with zero attached hydrogens (tertiary/aromatic N) is 4. The molecule has 0 radical (unpaired) electrons. The van der Waals surface area contributed by atoms with Crippen molar-refractivity contribution in [3.63, 3.8) is 0 Å². The highest BCUT2D eigenvalue weighted by Crippen LogP contribution is 2.34. The van der Waals surface area contributed by atoms with E-state index in [9.17, 15) is 4.79 Å². The summed E-state index contributed by atoms with van der Waals surface area (Å²) in [5.74, 6) is 0.589. The molecule has 6 nitrogen and oxygen atoms in total. The number of benzene rings is 1. The summed E-state index contributed by atoms with van der Waals surface area (Å²) in [6.45, 7) is 0.312. The van der Waals surface area contributed by atoms with Crippen molar-refractivity contribution in [1.82, 2.24) is 4.90 Å². The average molecular weight is 437 g/mol. The van der Waals surface area contributed by atoms with Gasteiger partial charge in [-0.2, -0.15) is 5.10 Å². The molecule has 0 unspecified atom stereocenters. The van der Waals surface area contributed by atoms with Crippen molar-refractivity contribution in [2.24, 2.45) is 10.2 Å². The van der Waals surface area contributed by atoms with Crippen molar-refractivity contribution in [3.8, 4) is 0 Å². The maximum Gasteiger partial charge on any atom is 0.267 e. The van der Waals surface area contributed by atoms with Gasteiger partial charge in [0.2, 0.25) is 0 Å². The predicted molar refractivity (Wildman–Crippen MR) is 125 cm³/mol. The molecule has 0 atom stereocenters. The van der Waals surface area contributed by atoms with Gasteiger partial charge >= 0.3 is 0 Å². The highest BCUT2D eigenvalue weighted by molar-refractivity contribution is 8.18. The minimum atomic E-state index is -0.103. The summed E-state index contributed by atoms with van der Waals surface area (Å²) < 4.78 is 5.42. The second kappa shape index (κ2) is 9.15. The summed E-state index contributed by atoms with van der Waals surface area (Å²) in [6, 6.07) is 15.6. The van der Waals surface area contributed by atoms with Crippen molar-refractivity contribution in [1.29, 1.82) is 0 Å². The number of thiophene rings is 1. The van der Waals surface area contributed by atoms with Crippen LogP contribution in [0.3, 0.4) is 0 Å². The molecule has 1 saturated heterocycles. The van der Waals surface area contributed by atoms with Gasteiger partial charge in [0, 0.05) is 24.7 Å². The molecule has 152 valence electrons. The van der Waals surface area contributed by atoms with E-state index in [2.05, 4.69) is 10.2 Å². The Labute approximate surface area is 183 Å². The van der Waals surface area contributed by atoms with E-state index in [1.807, 2.05) is 72.9 Å². The van der Waals surface area contributed by atoms with E-state index in [4.69, 9.17) is 4.42 Å². The number of carbonyl (C=O) groups is 1. The van der Waals surface area contributed by atoms with Gasteiger partial charge in [0.25, 0.3) is 5.91 Å². The number of hydrogen-bond acceptors (Lipinski definition) is 7. The van der Waals surface area contributed by atoms with Crippen LogP contribution in [0.1, 0.15) is 16.2 Å². The van der Waals surface area contributed by atoms with Gasteiger partial charge in [-0.15, -0.1) is 16.4 Å². The molecule has 0 spiro atoms. The first-order valence-electron chi connectivity index (χ1n) is 9.26. The molecule has 1 fully saturated rings. The molecule has 1 aliphatic heterocycles. The number of hydrogen-bond donors (Lipinski definition) is 0. The first-order chi connectivity index (χ1) is 14.6. The Kier molecular flexibility index (Phi) is 6.15. The fraction of sp³-hybridized carbons (Fsp3) is 0.136. The molecule has 3 heterocycles. The number of carbonyl (C=O) groups excluding carboxylic acids is 1. The lowest BCUT2D eigenvalue weighted by Gasteiger charge is -2.12. The van der Waals surface area contributed by atoms with E-state index in [0.29, 0.717) is 22.4 Å². The number of amidine groups is 1. The number of thioether (sulfide) groups is 1. The van der Waals surface area contributed by atoms with E-state index in [1.165, 1.54) is 11.8 Å². The van der Waals surface area contributed by atoms with Gasteiger partial charge in [0.05, 0.1) is 23.9 Å². The molecule has 1 aliphatic rings. The van der Waals surface area contributed by atoms with E-state index >= 15 is 0 Å². The van der Waals surface area contributed by atoms with Crippen LogP contribution >= 0.6 is 23.1 Å². The van der Waals surface area contributed by atoms with Crippen LogP contribution < -0.4 is 4.90 Å². The molecule has 0 aliphatic carbocycles. The Bertz CT molecular complexity index is 1080. The van der Waals surface area contributed by atoms with Crippen molar-refractivity contribution in [2.75, 3.05) is 19.0 Å². The van der Waals surface area contributed by atoms with Crippen LogP contribution in [0.15, 0.2) is 79.7 Å². The maximum absolute atomic E-state index is 13.0. The molecule has 3 aromatic rings. The molecular formula is C22H20N4O2S2. The van der Waals surface area contributed by atoms with E-state index in [0.717, 1.165) is 16.1 Å². The predicted octanol–water partition coefficient (Wildman–Crippen LogP) is 4.91. The highest BCUT2D eigenvalue weighted by atomic mass is 32.2. The molecule has 4 rings (SSSR count). The normalized spacial score (nSPS) is 17.0. The largest absolute Gasteiger partial charge is 0.467 e. The monoisotopic (exact) mass is 436 g/mol. The molecule has 1 amide bonds. The molecule has 0 bridgehead atoms.